The van der Waals surface area contributed by atoms with E-state index in [9.17, 15) is 14.4 Å². The van der Waals surface area contributed by atoms with E-state index in [1.54, 1.807) is 0 Å². The first-order valence-electron chi connectivity index (χ1n) is 10.3. The Morgan fingerprint density at radius 3 is 2.19 bits per heavy atom. The van der Waals surface area contributed by atoms with Crippen molar-refractivity contribution in [1.82, 2.24) is 14.8 Å². The molecule has 1 aliphatic heterocycles. The number of aryl methyl sites for hydroxylation is 1. The van der Waals surface area contributed by atoms with Crippen LogP contribution in [0.25, 0.3) is 0 Å². The summed E-state index contributed by atoms with van der Waals surface area (Å²) in [6, 6.07) is 20.2. The van der Waals surface area contributed by atoms with E-state index in [2.05, 4.69) is 9.88 Å². The standard InChI is InChI=1S/C25H25N3O3/c1-17-13-21(18(2)27(17)15-20-11-7-4-8-12-20)23(29)16-28-24(30)22(26-25(28)31)14-19-9-5-3-6-10-19/h3-13,22H,14-16H2,1-2H3,(H,26,31)/t22-/m0/s1. The van der Waals surface area contributed by atoms with Gasteiger partial charge in [-0.25, -0.2) is 4.79 Å². The van der Waals surface area contributed by atoms with Gasteiger partial charge in [0.25, 0.3) is 5.91 Å². The molecular weight excluding hydrogens is 390 g/mol. The summed E-state index contributed by atoms with van der Waals surface area (Å²) in [6.07, 6.45) is 0.404. The number of nitrogens with one attached hydrogen (secondary N) is 1. The number of hydrogen-bond donors (Lipinski definition) is 1. The van der Waals surface area contributed by atoms with E-state index < -0.39 is 12.1 Å². The van der Waals surface area contributed by atoms with Crippen molar-refractivity contribution in [2.45, 2.75) is 32.9 Å². The Kier molecular flexibility index (Phi) is 5.71. The number of ketones is 1. The van der Waals surface area contributed by atoms with E-state index in [1.807, 2.05) is 80.6 Å². The number of carbonyl (C=O) groups is 3. The summed E-state index contributed by atoms with van der Waals surface area (Å²) >= 11 is 0. The van der Waals surface area contributed by atoms with Gasteiger partial charge in [0.1, 0.15) is 6.04 Å². The third kappa shape index (κ3) is 4.28. The summed E-state index contributed by atoms with van der Waals surface area (Å²) in [6.45, 7) is 4.25. The van der Waals surface area contributed by atoms with Crippen LogP contribution in [0.2, 0.25) is 0 Å². The van der Waals surface area contributed by atoms with E-state index in [0.717, 1.165) is 27.4 Å². The van der Waals surface area contributed by atoms with E-state index in [1.165, 1.54) is 0 Å². The lowest BCUT2D eigenvalue weighted by atomic mass is 10.1. The lowest BCUT2D eigenvalue weighted by molar-refractivity contribution is -0.127. The van der Waals surface area contributed by atoms with Crippen LogP contribution in [0.1, 0.15) is 32.9 Å². The molecule has 0 unspecified atom stereocenters. The van der Waals surface area contributed by atoms with Crippen LogP contribution >= 0.6 is 0 Å². The van der Waals surface area contributed by atoms with Crippen molar-refractivity contribution in [3.8, 4) is 0 Å². The first-order valence-corrected chi connectivity index (χ1v) is 10.3. The second-order valence-corrected chi connectivity index (χ2v) is 7.90. The van der Waals surface area contributed by atoms with Crippen molar-refractivity contribution in [2.75, 3.05) is 6.54 Å². The Labute approximate surface area is 181 Å². The lowest BCUT2D eigenvalue weighted by Gasteiger charge is -2.13. The summed E-state index contributed by atoms with van der Waals surface area (Å²) < 4.78 is 2.08. The molecule has 0 radical (unpaired) electrons. The molecular formula is C25H25N3O3. The van der Waals surface area contributed by atoms with Crippen molar-refractivity contribution in [3.05, 3.63) is 94.8 Å². The molecule has 158 valence electrons. The number of imide groups is 1. The van der Waals surface area contributed by atoms with Gasteiger partial charge in [-0.1, -0.05) is 60.7 Å². The number of nitrogens with zero attached hydrogens (tertiary/aromatic N) is 2. The maximum absolute atomic E-state index is 13.0. The molecule has 4 rings (SSSR count). The molecule has 6 nitrogen and oxygen atoms in total. The minimum atomic E-state index is -0.645. The molecule has 2 heterocycles. The van der Waals surface area contributed by atoms with Gasteiger partial charge in [-0.05, 0) is 31.0 Å². The molecule has 0 aliphatic carbocycles. The van der Waals surface area contributed by atoms with Crippen molar-refractivity contribution >= 4 is 17.7 Å². The predicted octanol–water partition coefficient (Wildman–Crippen LogP) is 3.50. The van der Waals surface area contributed by atoms with Crippen LogP contribution in [0.15, 0.2) is 66.7 Å². The molecule has 3 aromatic rings. The molecule has 31 heavy (non-hydrogen) atoms. The average molecular weight is 415 g/mol. The zero-order valence-electron chi connectivity index (χ0n) is 17.7. The molecule has 3 amide bonds. The first kappa shape index (κ1) is 20.6. The molecule has 1 aromatic heterocycles. The fourth-order valence-electron chi connectivity index (χ4n) is 4.04. The summed E-state index contributed by atoms with van der Waals surface area (Å²) in [5, 5.41) is 2.70. The Morgan fingerprint density at radius 2 is 1.55 bits per heavy atom. The lowest BCUT2D eigenvalue weighted by Crippen LogP contribution is -2.36. The molecule has 6 heteroatoms. The topological polar surface area (TPSA) is 71.4 Å². The molecule has 1 atom stereocenters. The Bertz CT molecular complexity index is 1120. The highest BCUT2D eigenvalue weighted by Gasteiger charge is 2.39. The Hall–Kier alpha value is -3.67. The quantitative estimate of drug-likeness (QED) is 0.474. The van der Waals surface area contributed by atoms with Crippen LogP contribution < -0.4 is 5.32 Å². The highest BCUT2D eigenvalue weighted by atomic mass is 16.2. The van der Waals surface area contributed by atoms with Crippen molar-refractivity contribution in [2.24, 2.45) is 0 Å². The zero-order valence-corrected chi connectivity index (χ0v) is 17.7. The first-order chi connectivity index (χ1) is 14.9. The number of Topliss-reactive ketones (excluding diaryl/α,β-unsaturated/α-hetero) is 1. The largest absolute Gasteiger partial charge is 0.344 e. The van der Waals surface area contributed by atoms with Gasteiger partial charge in [0, 0.05) is 29.9 Å². The van der Waals surface area contributed by atoms with Crippen LogP contribution in [0.4, 0.5) is 4.79 Å². The van der Waals surface area contributed by atoms with Crippen LogP contribution in [0.3, 0.4) is 0 Å². The number of aromatic nitrogens is 1. The van der Waals surface area contributed by atoms with Crippen LogP contribution in [-0.2, 0) is 17.8 Å². The number of benzene rings is 2. The number of amides is 3. The summed E-state index contributed by atoms with van der Waals surface area (Å²) in [5.41, 5.74) is 4.43. The number of hydrogen-bond acceptors (Lipinski definition) is 3. The summed E-state index contributed by atoms with van der Waals surface area (Å²) in [4.78, 5) is 39.2. The molecule has 0 spiro atoms. The maximum atomic E-state index is 13.0. The molecule has 1 saturated heterocycles. The summed E-state index contributed by atoms with van der Waals surface area (Å²) in [7, 11) is 0. The monoisotopic (exact) mass is 415 g/mol. The Balaban J connectivity index is 1.47. The van der Waals surface area contributed by atoms with Crippen molar-refractivity contribution < 1.29 is 14.4 Å². The minimum Gasteiger partial charge on any atom is -0.344 e. The molecule has 2 aromatic carbocycles. The number of rotatable bonds is 7. The smallest absolute Gasteiger partial charge is 0.325 e. The highest BCUT2D eigenvalue weighted by molar-refractivity contribution is 6.09. The van der Waals surface area contributed by atoms with Gasteiger partial charge >= 0.3 is 6.03 Å². The van der Waals surface area contributed by atoms with Gasteiger partial charge in [0.15, 0.2) is 5.78 Å². The second-order valence-electron chi connectivity index (χ2n) is 7.90. The third-order valence-corrected chi connectivity index (χ3v) is 5.75. The second kappa shape index (κ2) is 8.60. The molecule has 1 N–H and O–H groups in total. The van der Waals surface area contributed by atoms with Crippen molar-refractivity contribution in [3.63, 3.8) is 0 Å². The van der Waals surface area contributed by atoms with Crippen LogP contribution in [-0.4, -0.2) is 39.8 Å². The van der Waals surface area contributed by atoms with Crippen LogP contribution in [0.5, 0.6) is 0 Å². The third-order valence-electron chi connectivity index (χ3n) is 5.75. The van der Waals surface area contributed by atoms with E-state index in [0.29, 0.717) is 18.5 Å². The van der Waals surface area contributed by atoms with Crippen molar-refractivity contribution in [1.29, 1.82) is 0 Å². The predicted molar refractivity (Wildman–Crippen MR) is 118 cm³/mol. The van der Waals surface area contributed by atoms with Gasteiger partial charge in [-0.2, -0.15) is 0 Å². The minimum absolute atomic E-state index is 0.240. The van der Waals surface area contributed by atoms with Gasteiger partial charge in [0.2, 0.25) is 0 Å². The Morgan fingerprint density at radius 1 is 0.935 bits per heavy atom. The van der Waals surface area contributed by atoms with Crippen LogP contribution in [0, 0.1) is 13.8 Å². The van der Waals surface area contributed by atoms with Gasteiger partial charge in [0.05, 0.1) is 6.54 Å². The molecule has 0 bridgehead atoms. The summed E-state index contributed by atoms with van der Waals surface area (Å²) in [5.74, 6) is -0.600. The van der Waals surface area contributed by atoms with E-state index in [4.69, 9.17) is 0 Å². The normalized spacial score (nSPS) is 15.9. The van der Waals surface area contributed by atoms with Gasteiger partial charge in [-0.15, -0.1) is 0 Å². The SMILES string of the molecule is Cc1cc(C(=O)CN2C(=O)N[C@@H](Cc3ccccc3)C2=O)c(C)n1Cc1ccccc1. The zero-order chi connectivity index (χ0) is 22.0. The number of urea groups is 1. The molecule has 1 aliphatic rings. The fourth-order valence-corrected chi connectivity index (χ4v) is 4.04. The highest BCUT2D eigenvalue weighted by Crippen LogP contribution is 2.19. The number of carbonyl (C=O) groups excluding carboxylic acids is 3. The van der Waals surface area contributed by atoms with Gasteiger partial charge < -0.3 is 9.88 Å². The van der Waals surface area contributed by atoms with Gasteiger partial charge in [-0.3, -0.25) is 14.5 Å². The van der Waals surface area contributed by atoms with E-state index >= 15 is 0 Å². The maximum Gasteiger partial charge on any atom is 0.325 e. The molecule has 0 saturated carbocycles. The van der Waals surface area contributed by atoms with E-state index in [-0.39, 0.29) is 18.2 Å². The molecule has 1 fully saturated rings. The average Bonchev–Trinajstić information content (AvgIpc) is 3.20. The fraction of sp³-hybridized carbons (Fsp3) is 0.240.